The molecule has 192 valence electrons. The van der Waals surface area contributed by atoms with Crippen molar-refractivity contribution in [3.8, 4) is 17.2 Å². The van der Waals surface area contributed by atoms with Gasteiger partial charge < -0.3 is 25.8 Å². The number of fused-ring (bicyclic) bond motifs is 1. The van der Waals surface area contributed by atoms with E-state index in [0.29, 0.717) is 41.7 Å². The summed E-state index contributed by atoms with van der Waals surface area (Å²) in [7, 11) is 0. The van der Waals surface area contributed by atoms with Crippen LogP contribution in [-0.4, -0.2) is 48.8 Å². The van der Waals surface area contributed by atoms with Gasteiger partial charge in [0.05, 0.1) is 11.1 Å². The molecule has 2 heterocycles. The largest absolute Gasteiger partial charge is 0.480 e. The summed E-state index contributed by atoms with van der Waals surface area (Å²) in [4.78, 5) is 33.6. The second-order valence-electron chi connectivity index (χ2n) is 8.90. The minimum absolute atomic E-state index is 0.0882. The fourth-order valence-electron chi connectivity index (χ4n) is 4.05. The molecule has 0 aliphatic heterocycles. The lowest BCUT2D eigenvalue weighted by Gasteiger charge is -2.25. The van der Waals surface area contributed by atoms with Gasteiger partial charge in [0.25, 0.3) is 5.91 Å². The molecule has 1 amide bonds. The molecule has 1 atom stereocenters. The number of carboxylic acids is 1. The minimum atomic E-state index is -1.60. The van der Waals surface area contributed by atoms with Gasteiger partial charge in [-0.3, -0.25) is 4.79 Å². The van der Waals surface area contributed by atoms with E-state index in [9.17, 15) is 25.1 Å². The van der Waals surface area contributed by atoms with E-state index in [0.717, 1.165) is 11.1 Å². The molecule has 0 saturated heterocycles. The standard InChI is InChI=1S/C27H30N6O4/c1-4-5-11-27(3,26(36)37)32-25(35)19(15-28)14-20-21(18-9-7-17(2)8-10-18)22-23(29)30-16-31-24(22)33(20)12-6-13-34/h4,7-10,14,16,34H,1,5-6,11-13H2,2-3H3,(H,32,35)(H,36,37)(H2,29,30,31). The summed E-state index contributed by atoms with van der Waals surface area (Å²) >= 11 is 0. The van der Waals surface area contributed by atoms with Crippen molar-refractivity contribution >= 4 is 34.8 Å². The first-order valence-corrected chi connectivity index (χ1v) is 11.8. The lowest BCUT2D eigenvalue weighted by molar-refractivity contribution is -0.146. The van der Waals surface area contributed by atoms with Crippen LogP contribution in [-0.2, 0) is 16.1 Å². The number of carbonyl (C=O) groups excluding carboxylic acids is 1. The molecular formula is C27H30N6O4. The van der Waals surface area contributed by atoms with Crippen molar-refractivity contribution in [3.63, 3.8) is 0 Å². The Morgan fingerprint density at radius 1 is 1.30 bits per heavy atom. The van der Waals surface area contributed by atoms with Gasteiger partial charge in [0.15, 0.2) is 0 Å². The number of amides is 1. The van der Waals surface area contributed by atoms with Crippen molar-refractivity contribution < 1.29 is 19.8 Å². The molecule has 1 aromatic carbocycles. The third-order valence-corrected chi connectivity index (χ3v) is 6.15. The van der Waals surface area contributed by atoms with E-state index in [2.05, 4.69) is 21.9 Å². The number of benzene rings is 1. The molecule has 10 heteroatoms. The summed E-state index contributed by atoms with van der Waals surface area (Å²) in [6.07, 6.45) is 5.14. The molecule has 3 aromatic rings. The molecule has 1 unspecified atom stereocenters. The number of aliphatic hydroxyl groups is 1. The Bertz CT molecular complexity index is 1400. The maximum Gasteiger partial charge on any atom is 0.329 e. The van der Waals surface area contributed by atoms with E-state index < -0.39 is 17.4 Å². The Balaban J connectivity index is 2.25. The zero-order valence-corrected chi connectivity index (χ0v) is 20.9. The van der Waals surface area contributed by atoms with Crippen LogP contribution < -0.4 is 11.1 Å². The number of rotatable bonds is 11. The number of aromatic nitrogens is 3. The third-order valence-electron chi connectivity index (χ3n) is 6.15. The first-order valence-electron chi connectivity index (χ1n) is 11.8. The SMILES string of the molecule is C=CCCC(C)(NC(=O)C(C#N)=Cc1c(-c2ccc(C)cc2)c2c(N)ncnc2n1CCCO)C(=O)O. The van der Waals surface area contributed by atoms with Gasteiger partial charge in [0, 0.05) is 18.7 Å². The lowest BCUT2D eigenvalue weighted by Crippen LogP contribution is -2.52. The number of nitrogen functional groups attached to an aromatic ring is 1. The molecule has 0 aliphatic carbocycles. The topological polar surface area (TPSA) is 167 Å². The van der Waals surface area contributed by atoms with Crippen molar-refractivity contribution in [1.29, 1.82) is 5.26 Å². The van der Waals surface area contributed by atoms with Crippen molar-refractivity contribution in [2.45, 2.75) is 45.2 Å². The van der Waals surface area contributed by atoms with E-state index in [1.807, 2.05) is 37.3 Å². The summed E-state index contributed by atoms with van der Waals surface area (Å²) in [6.45, 7) is 7.18. The normalized spacial score (nSPS) is 13.1. The number of nitrogens with two attached hydrogens (primary N) is 1. The van der Waals surface area contributed by atoms with E-state index in [4.69, 9.17) is 5.73 Å². The molecule has 0 aliphatic rings. The second-order valence-corrected chi connectivity index (χ2v) is 8.90. The zero-order chi connectivity index (χ0) is 27.2. The van der Waals surface area contributed by atoms with Gasteiger partial charge in [-0.25, -0.2) is 14.8 Å². The molecule has 37 heavy (non-hydrogen) atoms. The van der Waals surface area contributed by atoms with Gasteiger partial charge in [-0.05, 0) is 44.7 Å². The number of allylic oxidation sites excluding steroid dienone is 1. The number of aliphatic carboxylic acids is 1. The Morgan fingerprint density at radius 3 is 2.59 bits per heavy atom. The average Bonchev–Trinajstić information content (AvgIpc) is 3.19. The Labute approximate surface area is 214 Å². The fraction of sp³-hybridized carbons (Fsp3) is 0.296. The zero-order valence-electron chi connectivity index (χ0n) is 20.9. The number of aryl methyl sites for hydroxylation is 2. The van der Waals surface area contributed by atoms with Crippen LogP contribution in [0.5, 0.6) is 0 Å². The highest BCUT2D eigenvalue weighted by Crippen LogP contribution is 2.38. The maximum atomic E-state index is 13.2. The molecule has 10 nitrogen and oxygen atoms in total. The van der Waals surface area contributed by atoms with Crippen LogP contribution in [0, 0.1) is 18.3 Å². The van der Waals surface area contributed by atoms with Gasteiger partial charge in [-0.1, -0.05) is 35.9 Å². The van der Waals surface area contributed by atoms with E-state index in [1.165, 1.54) is 19.3 Å². The van der Waals surface area contributed by atoms with Gasteiger partial charge in [-0.15, -0.1) is 6.58 Å². The van der Waals surface area contributed by atoms with Gasteiger partial charge in [-0.2, -0.15) is 5.26 Å². The van der Waals surface area contributed by atoms with Crippen molar-refractivity contribution in [2.24, 2.45) is 0 Å². The number of nitrogens with zero attached hydrogens (tertiary/aromatic N) is 4. The van der Waals surface area contributed by atoms with Crippen LogP contribution in [0.25, 0.3) is 28.2 Å². The van der Waals surface area contributed by atoms with E-state index in [-0.39, 0.29) is 24.4 Å². The molecule has 5 N–H and O–H groups in total. The quantitative estimate of drug-likeness (QED) is 0.176. The molecule has 3 rings (SSSR count). The number of anilines is 1. The number of carbonyl (C=O) groups is 2. The lowest BCUT2D eigenvalue weighted by atomic mass is 9.95. The summed E-state index contributed by atoms with van der Waals surface area (Å²) in [6, 6.07) is 9.55. The predicted octanol–water partition coefficient (Wildman–Crippen LogP) is 3.20. The van der Waals surface area contributed by atoms with Crippen LogP contribution >= 0.6 is 0 Å². The molecule has 2 aromatic heterocycles. The summed E-state index contributed by atoms with van der Waals surface area (Å²) in [5, 5.41) is 32.2. The van der Waals surface area contributed by atoms with Crippen LogP contribution in [0.15, 0.2) is 48.8 Å². The van der Waals surface area contributed by atoms with Gasteiger partial charge >= 0.3 is 5.97 Å². The molecular weight excluding hydrogens is 472 g/mol. The summed E-state index contributed by atoms with van der Waals surface area (Å²) in [5.74, 6) is -1.83. The van der Waals surface area contributed by atoms with Crippen molar-refractivity contribution in [1.82, 2.24) is 19.9 Å². The Kier molecular flexibility index (Phi) is 8.42. The number of hydrogen-bond acceptors (Lipinski definition) is 7. The number of nitrogens with one attached hydrogen (secondary N) is 1. The van der Waals surface area contributed by atoms with Crippen molar-refractivity contribution in [3.05, 3.63) is 60.1 Å². The number of aliphatic hydroxyl groups excluding tert-OH is 1. The maximum absolute atomic E-state index is 13.2. The molecule has 0 radical (unpaired) electrons. The summed E-state index contributed by atoms with van der Waals surface area (Å²) in [5.41, 5.74) is 7.77. The first-order chi connectivity index (χ1) is 17.7. The van der Waals surface area contributed by atoms with E-state index >= 15 is 0 Å². The molecule has 0 spiro atoms. The highest BCUT2D eigenvalue weighted by Gasteiger charge is 2.35. The van der Waals surface area contributed by atoms with E-state index in [1.54, 1.807) is 10.6 Å². The highest BCUT2D eigenvalue weighted by atomic mass is 16.4. The third kappa shape index (κ3) is 5.68. The molecule has 0 fully saturated rings. The van der Waals surface area contributed by atoms with Crippen LogP contribution in [0.4, 0.5) is 5.82 Å². The predicted molar refractivity (Wildman–Crippen MR) is 141 cm³/mol. The monoisotopic (exact) mass is 502 g/mol. The number of hydrogen-bond donors (Lipinski definition) is 4. The second kappa shape index (κ2) is 11.5. The van der Waals surface area contributed by atoms with Crippen LogP contribution in [0.3, 0.4) is 0 Å². The van der Waals surface area contributed by atoms with Crippen LogP contribution in [0.2, 0.25) is 0 Å². The highest BCUT2D eigenvalue weighted by molar-refractivity contribution is 6.08. The van der Waals surface area contributed by atoms with Crippen molar-refractivity contribution in [2.75, 3.05) is 12.3 Å². The van der Waals surface area contributed by atoms with Gasteiger partial charge in [0.1, 0.15) is 35.0 Å². The smallest absolute Gasteiger partial charge is 0.329 e. The molecule has 0 saturated carbocycles. The summed E-state index contributed by atoms with van der Waals surface area (Å²) < 4.78 is 1.78. The van der Waals surface area contributed by atoms with Gasteiger partial charge in [0.2, 0.25) is 0 Å². The number of nitriles is 1. The Morgan fingerprint density at radius 2 is 2.00 bits per heavy atom. The Hall–Kier alpha value is -4.49. The van der Waals surface area contributed by atoms with Crippen LogP contribution in [0.1, 0.15) is 37.4 Å². The fourth-order valence-corrected chi connectivity index (χ4v) is 4.05. The minimum Gasteiger partial charge on any atom is -0.480 e. The average molecular weight is 503 g/mol. The molecule has 0 bridgehead atoms. The first kappa shape index (κ1) is 27.1. The number of carboxylic acid groups (broad SMARTS) is 1.